The Bertz CT molecular complexity index is 676. The number of hydrogen-bond acceptors (Lipinski definition) is 5. The highest BCUT2D eigenvalue weighted by Gasteiger charge is 2.11. The zero-order chi connectivity index (χ0) is 16.8. The first-order chi connectivity index (χ1) is 11.0. The number of phenolic OH excluding ortho intramolecular Hbond substituents is 2. The van der Waals surface area contributed by atoms with Gasteiger partial charge < -0.3 is 25.0 Å². The summed E-state index contributed by atoms with van der Waals surface area (Å²) in [6.07, 6.45) is 0.737. The molecular formula is C17H20BrNO4. The molecule has 0 aliphatic carbocycles. The molecule has 3 N–H and O–H groups in total. The molecule has 0 aliphatic rings. The van der Waals surface area contributed by atoms with Crippen molar-refractivity contribution in [3.63, 3.8) is 0 Å². The molecule has 6 heteroatoms. The van der Waals surface area contributed by atoms with Crippen LogP contribution < -0.4 is 14.8 Å². The van der Waals surface area contributed by atoms with Gasteiger partial charge in [0.2, 0.25) is 0 Å². The van der Waals surface area contributed by atoms with Crippen molar-refractivity contribution in [3.8, 4) is 23.0 Å². The Balaban J connectivity index is 1.96. The van der Waals surface area contributed by atoms with Crippen LogP contribution in [0.2, 0.25) is 0 Å². The summed E-state index contributed by atoms with van der Waals surface area (Å²) < 4.78 is 11.7. The summed E-state index contributed by atoms with van der Waals surface area (Å²) in [6, 6.07) is 8.70. The van der Waals surface area contributed by atoms with Gasteiger partial charge in [0.25, 0.3) is 0 Å². The van der Waals surface area contributed by atoms with Crippen LogP contribution in [0.5, 0.6) is 23.0 Å². The van der Waals surface area contributed by atoms with Crippen LogP contribution in [0.15, 0.2) is 34.8 Å². The third-order valence-corrected chi connectivity index (χ3v) is 3.92. The molecule has 2 aromatic carbocycles. The molecule has 0 saturated heterocycles. The summed E-state index contributed by atoms with van der Waals surface area (Å²) in [4.78, 5) is 0. The van der Waals surface area contributed by atoms with Crippen LogP contribution >= 0.6 is 15.9 Å². The molecule has 0 atom stereocenters. The minimum Gasteiger partial charge on any atom is -0.504 e. The lowest BCUT2D eigenvalue weighted by Crippen LogP contribution is -2.17. The molecule has 0 heterocycles. The number of halogens is 1. The second-order valence-electron chi connectivity index (χ2n) is 5.05. The van der Waals surface area contributed by atoms with Gasteiger partial charge >= 0.3 is 0 Å². The van der Waals surface area contributed by atoms with Crippen molar-refractivity contribution >= 4 is 15.9 Å². The van der Waals surface area contributed by atoms with E-state index < -0.39 is 0 Å². The summed E-state index contributed by atoms with van der Waals surface area (Å²) in [6.45, 7) is 1.35. The van der Waals surface area contributed by atoms with E-state index in [0.717, 1.165) is 28.6 Å². The fourth-order valence-corrected chi connectivity index (χ4v) is 2.80. The van der Waals surface area contributed by atoms with Crippen LogP contribution in [0.1, 0.15) is 11.1 Å². The minimum atomic E-state index is -0.104. The van der Waals surface area contributed by atoms with E-state index >= 15 is 0 Å². The van der Waals surface area contributed by atoms with Crippen molar-refractivity contribution in [2.45, 2.75) is 13.0 Å². The van der Waals surface area contributed by atoms with Crippen LogP contribution in [-0.4, -0.2) is 31.0 Å². The third kappa shape index (κ3) is 4.53. The highest BCUT2D eigenvalue weighted by molar-refractivity contribution is 9.10. The van der Waals surface area contributed by atoms with Crippen LogP contribution in [-0.2, 0) is 13.0 Å². The van der Waals surface area contributed by atoms with E-state index in [4.69, 9.17) is 9.47 Å². The Labute approximate surface area is 144 Å². The first-order valence-electron chi connectivity index (χ1n) is 7.17. The maximum absolute atomic E-state index is 9.49. The van der Waals surface area contributed by atoms with E-state index in [0.29, 0.717) is 18.0 Å². The molecule has 0 radical (unpaired) electrons. The summed E-state index contributed by atoms with van der Waals surface area (Å²) in [5.41, 5.74) is 1.94. The quantitative estimate of drug-likeness (QED) is 0.507. The Hall–Kier alpha value is -1.92. The molecule has 124 valence electrons. The van der Waals surface area contributed by atoms with E-state index in [1.54, 1.807) is 26.4 Å². The zero-order valence-corrected chi connectivity index (χ0v) is 14.7. The fourth-order valence-electron chi connectivity index (χ4n) is 2.32. The van der Waals surface area contributed by atoms with Crippen LogP contribution in [0.3, 0.4) is 0 Å². The zero-order valence-electron chi connectivity index (χ0n) is 13.1. The summed E-state index contributed by atoms with van der Waals surface area (Å²) in [5, 5.41) is 22.1. The monoisotopic (exact) mass is 381 g/mol. The third-order valence-electron chi connectivity index (χ3n) is 3.47. The van der Waals surface area contributed by atoms with E-state index in [-0.39, 0.29) is 11.5 Å². The molecule has 0 spiro atoms. The SMILES string of the molecule is COc1cc(Br)cc(CNCCc2ccc(O)c(O)c2)c1OC. The molecule has 2 rings (SSSR count). The molecule has 2 aromatic rings. The molecule has 0 bridgehead atoms. The smallest absolute Gasteiger partial charge is 0.165 e. The number of methoxy groups -OCH3 is 2. The first kappa shape index (κ1) is 17.4. The number of aromatic hydroxyl groups is 2. The summed E-state index contributed by atoms with van der Waals surface area (Å²) >= 11 is 3.46. The predicted molar refractivity (Wildman–Crippen MR) is 92.4 cm³/mol. The highest BCUT2D eigenvalue weighted by atomic mass is 79.9. The summed E-state index contributed by atoms with van der Waals surface area (Å²) in [7, 11) is 3.23. The Kier molecular flexibility index (Phi) is 6.12. The van der Waals surface area contributed by atoms with Crippen molar-refractivity contribution < 1.29 is 19.7 Å². The highest BCUT2D eigenvalue weighted by Crippen LogP contribution is 2.34. The van der Waals surface area contributed by atoms with Crippen molar-refractivity contribution in [2.24, 2.45) is 0 Å². The van der Waals surface area contributed by atoms with Gasteiger partial charge in [0.1, 0.15) is 0 Å². The largest absolute Gasteiger partial charge is 0.504 e. The molecule has 0 unspecified atom stereocenters. The molecular weight excluding hydrogens is 362 g/mol. The summed E-state index contributed by atoms with van der Waals surface area (Å²) in [5.74, 6) is 1.20. The molecule has 0 fully saturated rings. The van der Waals surface area contributed by atoms with E-state index in [2.05, 4.69) is 21.2 Å². The average molecular weight is 382 g/mol. The lowest BCUT2D eigenvalue weighted by atomic mass is 10.1. The number of hydrogen-bond donors (Lipinski definition) is 3. The normalized spacial score (nSPS) is 10.6. The Morgan fingerprint density at radius 2 is 1.83 bits per heavy atom. The molecule has 0 amide bonds. The topological polar surface area (TPSA) is 71.0 Å². The van der Waals surface area contributed by atoms with E-state index in [9.17, 15) is 10.2 Å². The second-order valence-corrected chi connectivity index (χ2v) is 5.97. The van der Waals surface area contributed by atoms with Crippen LogP contribution in [0, 0.1) is 0 Å². The van der Waals surface area contributed by atoms with E-state index in [1.807, 2.05) is 12.1 Å². The number of nitrogens with one attached hydrogen (secondary N) is 1. The first-order valence-corrected chi connectivity index (χ1v) is 7.96. The van der Waals surface area contributed by atoms with Gasteiger partial charge in [0.15, 0.2) is 23.0 Å². The standard InChI is InChI=1S/C17H20BrNO4/c1-22-16-9-13(18)8-12(17(16)23-2)10-19-6-5-11-3-4-14(20)15(21)7-11/h3-4,7-9,19-21H,5-6,10H2,1-2H3. The lowest BCUT2D eigenvalue weighted by Gasteiger charge is -2.14. The maximum Gasteiger partial charge on any atom is 0.165 e. The second kappa shape index (κ2) is 8.08. The van der Waals surface area contributed by atoms with Crippen molar-refractivity contribution in [3.05, 3.63) is 45.9 Å². The number of phenols is 2. The van der Waals surface area contributed by atoms with Crippen molar-refractivity contribution in [1.29, 1.82) is 0 Å². The average Bonchev–Trinajstić information content (AvgIpc) is 2.54. The minimum absolute atomic E-state index is 0.0964. The van der Waals surface area contributed by atoms with E-state index in [1.165, 1.54) is 6.07 Å². The van der Waals surface area contributed by atoms with Crippen LogP contribution in [0.4, 0.5) is 0 Å². The number of ether oxygens (including phenoxy) is 2. The van der Waals surface area contributed by atoms with Crippen molar-refractivity contribution in [1.82, 2.24) is 5.32 Å². The fraction of sp³-hybridized carbons (Fsp3) is 0.294. The van der Waals surface area contributed by atoms with Gasteiger partial charge in [-0.1, -0.05) is 22.0 Å². The maximum atomic E-state index is 9.49. The van der Waals surface area contributed by atoms with Gasteiger partial charge in [0, 0.05) is 16.6 Å². The molecule has 0 aromatic heterocycles. The Morgan fingerprint density at radius 1 is 1.04 bits per heavy atom. The van der Waals surface area contributed by atoms with Crippen molar-refractivity contribution in [2.75, 3.05) is 20.8 Å². The van der Waals surface area contributed by atoms with Gasteiger partial charge in [0.05, 0.1) is 14.2 Å². The molecule has 0 aliphatic heterocycles. The predicted octanol–water partition coefficient (Wildman–Crippen LogP) is 3.21. The molecule has 23 heavy (non-hydrogen) atoms. The number of benzene rings is 2. The molecule has 0 saturated carbocycles. The van der Waals surface area contributed by atoms with Gasteiger partial charge in [-0.2, -0.15) is 0 Å². The van der Waals surface area contributed by atoms with Gasteiger partial charge in [-0.25, -0.2) is 0 Å². The number of rotatable bonds is 7. The lowest BCUT2D eigenvalue weighted by molar-refractivity contribution is 0.350. The van der Waals surface area contributed by atoms with Gasteiger partial charge in [-0.15, -0.1) is 0 Å². The van der Waals surface area contributed by atoms with Crippen LogP contribution in [0.25, 0.3) is 0 Å². The van der Waals surface area contributed by atoms with Gasteiger partial charge in [-0.05, 0) is 42.8 Å². The Morgan fingerprint density at radius 3 is 2.48 bits per heavy atom. The molecule has 5 nitrogen and oxygen atoms in total. The van der Waals surface area contributed by atoms with Gasteiger partial charge in [-0.3, -0.25) is 0 Å².